The van der Waals surface area contributed by atoms with Crippen LogP contribution in [0.25, 0.3) is 0 Å². The van der Waals surface area contributed by atoms with Gasteiger partial charge in [-0.15, -0.1) is 0 Å². The maximum absolute atomic E-state index is 12.5. The Balaban J connectivity index is 1.76. The Morgan fingerprint density at radius 3 is 2.52 bits per heavy atom. The molecule has 2 aliphatic heterocycles. The Hall–Kier alpha value is -1.59. The van der Waals surface area contributed by atoms with Gasteiger partial charge in [0.05, 0.1) is 5.69 Å². The Morgan fingerprint density at radius 2 is 1.86 bits per heavy atom. The lowest BCUT2D eigenvalue weighted by Crippen LogP contribution is -2.54. The molecule has 0 radical (unpaired) electrons. The maximum atomic E-state index is 12.5. The molecule has 0 aromatic heterocycles. The number of para-hydroxylation sites is 1. The van der Waals surface area contributed by atoms with Crippen LogP contribution in [-0.4, -0.2) is 43.3 Å². The number of anilines is 1. The summed E-state index contributed by atoms with van der Waals surface area (Å²) >= 11 is 0. The van der Waals surface area contributed by atoms with Gasteiger partial charge < -0.3 is 15.4 Å². The first-order valence-corrected chi connectivity index (χ1v) is 7.61. The molecule has 0 atom stereocenters. The van der Waals surface area contributed by atoms with E-state index in [4.69, 9.17) is 10.5 Å². The van der Waals surface area contributed by atoms with E-state index in [-0.39, 0.29) is 11.7 Å². The smallest absolute Gasteiger partial charge is 0.414 e. The number of nitrogens with zero attached hydrogens (tertiary/aromatic N) is 2. The van der Waals surface area contributed by atoms with Crippen molar-refractivity contribution < 1.29 is 9.53 Å². The van der Waals surface area contributed by atoms with Crippen LogP contribution in [0.15, 0.2) is 24.3 Å². The third-order valence-corrected chi connectivity index (χ3v) is 4.72. The number of amides is 1. The van der Waals surface area contributed by atoms with Crippen molar-refractivity contribution in [2.24, 2.45) is 5.73 Å². The normalized spacial score (nSPS) is 22.4. The van der Waals surface area contributed by atoms with Crippen LogP contribution in [0.4, 0.5) is 10.5 Å². The number of carbonyl (C=O) groups excluding carboxylic acids is 1. The van der Waals surface area contributed by atoms with Crippen molar-refractivity contribution >= 4 is 11.8 Å². The molecule has 0 unspecified atom stereocenters. The van der Waals surface area contributed by atoms with Gasteiger partial charge in [-0.25, -0.2) is 4.79 Å². The van der Waals surface area contributed by atoms with Gasteiger partial charge in [0.25, 0.3) is 0 Å². The Bertz CT molecular complexity index is 524. The van der Waals surface area contributed by atoms with Gasteiger partial charge in [0, 0.05) is 45.4 Å². The first kappa shape index (κ1) is 14.4. The van der Waals surface area contributed by atoms with E-state index in [1.54, 1.807) is 4.90 Å². The molecule has 2 fully saturated rings. The summed E-state index contributed by atoms with van der Waals surface area (Å²) in [5.74, 6) is 0. The van der Waals surface area contributed by atoms with Crippen LogP contribution in [0.2, 0.25) is 0 Å². The van der Waals surface area contributed by atoms with Crippen LogP contribution >= 0.6 is 0 Å². The summed E-state index contributed by atoms with van der Waals surface area (Å²) in [5.41, 5.74) is 7.38. The molecule has 21 heavy (non-hydrogen) atoms. The van der Waals surface area contributed by atoms with Gasteiger partial charge in [0.2, 0.25) is 0 Å². The van der Waals surface area contributed by atoms with Crippen molar-refractivity contribution in [3.63, 3.8) is 0 Å². The topological polar surface area (TPSA) is 58.8 Å². The lowest BCUT2D eigenvalue weighted by Gasteiger charge is -2.45. The molecule has 0 aliphatic carbocycles. The van der Waals surface area contributed by atoms with Crippen molar-refractivity contribution in [2.45, 2.75) is 31.4 Å². The van der Waals surface area contributed by atoms with E-state index in [1.807, 2.05) is 24.3 Å². The molecule has 1 amide bonds. The molecule has 114 valence electrons. The second-order valence-electron chi connectivity index (χ2n) is 6.09. The molecular weight excluding hydrogens is 266 g/mol. The van der Waals surface area contributed by atoms with Gasteiger partial charge in [-0.1, -0.05) is 18.2 Å². The summed E-state index contributed by atoms with van der Waals surface area (Å²) in [6, 6.07) is 7.78. The zero-order chi connectivity index (χ0) is 14.9. The molecule has 1 spiro atoms. The van der Waals surface area contributed by atoms with Crippen LogP contribution in [0.5, 0.6) is 0 Å². The summed E-state index contributed by atoms with van der Waals surface area (Å²) in [6.07, 6.45) is 2.53. The van der Waals surface area contributed by atoms with Gasteiger partial charge in [0.1, 0.15) is 5.60 Å². The minimum absolute atomic E-state index is 0.230. The predicted octanol–water partition coefficient (Wildman–Crippen LogP) is 1.96. The molecule has 5 heteroatoms. The lowest BCUT2D eigenvalue weighted by molar-refractivity contribution is -0.0444. The summed E-state index contributed by atoms with van der Waals surface area (Å²) in [5, 5.41) is 0. The largest absolute Gasteiger partial charge is 0.442 e. The number of carbonyl (C=O) groups is 1. The fourth-order valence-electron chi connectivity index (χ4n) is 3.24. The van der Waals surface area contributed by atoms with Crippen LogP contribution in [0.3, 0.4) is 0 Å². The molecule has 2 aliphatic rings. The Labute approximate surface area is 125 Å². The number of likely N-dealkylation sites (tertiary alicyclic amines) is 1. The zero-order valence-corrected chi connectivity index (χ0v) is 12.5. The molecule has 2 saturated heterocycles. The van der Waals surface area contributed by atoms with Crippen molar-refractivity contribution in [3.05, 3.63) is 29.8 Å². The maximum Gasteiger partial charge on any atom is 0.414 e. The molecule has 2 heterocycles. The van der Waals surface area contributed by atoms with Crippen molar-refractivity contribution in [2.75, 3.05) is 31.6 Å². The number of ether oxygens (including phenoxy) is 1. The number of nitrogens with two attached hydrogens (primary N) is 1. The number of hydrogen-bond donors (Lipinski definition) is 1. The Morgan fingerprint density at radius 1 is 1.19 bits per heavy atom. The molecule has 0 bridgehead atoms. The first-order chi connectivity index (χ1) is 10.1. The highest BCUT2D eigenvalue weighted by atomic mass is 16.6. The van der Waals surface area contributed by atoms with Gasteiger partial charge in [0.15, 0.2) is 0 Å². The second kappa shape index (κ2) is 5.66. The first-order valence-electron chi connectivity index (χ1n) is 7.61. The summed E-state index contributed by atoms with van der Waals surface area (Å²) in [6.45, 7) is 3.12. The third kappa shape index (κ3) is 2.76. The monoisotopic (exact) mass is 289 g/mol. The summed E-state index contributed by atoms with van der Waals surface area (Å²) in [7, 11) is 2.11. The SMILES string of the molecule is CN1CCC2(CC1)CCN(c1ccccc1CN)C(=O)O2. The number of piperidine rings is 1. The minimum Gasteiger partial charge on any atom is -0.442 e. The van der Waals surface area contributed by atoms with E-state index in [0.717, 1.165) is 43.6 Å². The molecule has 2 N–H and O–H groups in total. The van der Waals surface area contributed by atoms with E-state index in [9.17, 15) is 4.79 Å². The molecule has 5 nitrogen and oxygen atoms in total. The van der Waals surface area contributed by atoms with Crippen LogP contribution < -0.4 is 10.6 Å². The lowest BCUT2D eigenvalue weighted by atomic mass is 9.87. The quantitative estimate of drug-likeness (QED) is 0.904. The van der Waals surface area contributed by atoms with E-state index in [2.05, 4.69) is 11.9 Å². The number of rotatable bonds is 2. The van der Waals surface area contributed by atoms with Gasteiger partial charge in [-0.05, 0) is 18.7 Å². The van der Waals surface area contributed by atoms with Gasteiger partial charge >= 0.3 is 6.09 Å². The zero-order valence-electron chi connectivity index (χ0n) is 12.5. The Kier molecular flexibility index (Phi) is 3.87. The second-order valence-corrected chi connectivity index (χ2v) is 6.09. The van der Waals surface area contributed by atoms with E-state index in [1.165, 1.54) is 0 Å². The standard InChI is InChI=1S/C16H23N3O2/c1-18-9-6-16(7-10-18)8-11-19(15(20)21-16)14-5-3-2-4-13(14)12-17/h2-5H,6-12,17H2,1H3. The minimum atomic E-state index is -0.252. The van der Waals surface area contributed by atoms with Crippen molar-refractivity contribution in [1.29, 1.82) is 0 Å². The molecule has 1 aromatic carbocycles. The number of hydrogen-bond acceptors (Lipinski definition) is 4. The highest BCUT2D eigenvalue weighted by Crippen LogP contribution is 2.35. The average molecular weight is 289 g/mol. The highest BCUT2D eigenvalue weighted by molar-refractivity contribution is 5.89. The molecular formula is C16H23N3O2. The predicted molar refractivity (Wildman–Crippen MR) is 82.2 cm³/mol. The van der Waals surface area contributed by atoms with E-state index in [0.29, 0.717) is 13.1 Å². The van der Waals surface area contributed by atoms with E-state index < -0.39 is 0 Å². The van der Waals surface area contributed by atoms with Gasteiger partial charge in [-0.2, -0.15) is 0 Å². The number of benzene rings is 1. The third-order valence-electron chi connectivity index (χ3n) is 4.72. The highest BCUT2D eigenvalue weighted by Gasteiger charge is 2.43. The van der Waals surface area contributed by atoms with Crippen molar-refractivity contribution in [1.82, 2.24) is 4.90 Å². The summed E-state index contributed by atoms with van der Waals surface area (Å²) in [4.78, 5) is 16.5. The van der Waals surface area contributed by atoms with Crippen LogP contribution in [0.1, 0.15) is 24.8 Å². The van der Waals surface area contributed by atoms with Crippen LogP contribution in [-0.2, 0) is 11.3 Å². The molecule has 0 saturated carbocycles. The summed E-state index contributed by atoms with van der Waals surface area (Å²) < 4.78 is 5.85. The van der Waals surface area contributed by atoms with Gasteiger partial charge in [-0.3, -0.25) is 4.90 Å². The molecule has 3 rings (SSSR count). The van der Waals surface area contributed by atoms with E-state index >= 15 is 0 Å². The molecule has 1 aromatic rings. The van der Waals surface area contributed by atoms with Crippen LogP contribution in [0, 0.1) is 0 Å². The average Bonchev–Trinajstić information content (AvgIpc) is 2.51. The fourth-order valence-corrected chi connectivity index (χ4v) is 3.24. The fraction of sp³-hybridized carbons (Fsp3) is 0.562. The van der Waals surface area contributed by atoms with Crippen molar-refractivity contribution in [3.8, 4) is 0 Å².